The van der Waals surface area contributed by atoms with Gasteiger partial charge in [-0.05, 0) is 24.1 Å². The fourth-order valence-corrected chi connectivity index (χ4v) is 4.64. The zero-order chi connectivity index (χ0) is 23.5. The van der Waals surface area contributed by atoms with Gasteiger partial charge >= 0.3 is 6.09 Å². The number of nitrogens with one attached hydrogen (secondary N) is 1. The Labute approximate surface area is 197 Å². The summed E-state index contributed by atoms with van der Waals surface area (Å²) in [5.41, 5.74) is 2.19. The lowest BCUT2D eigenvalue weighted by Crippen LogP contribution is -2.50. The Bertz CT molecular complexity index is 933. The van der Waals surface area contributed by atoms with E-state index in [0.717, 1.165) is 30.8 Å². The van der Waals surface area contributed by atoms with E-state index in [4.69, 9.17) is 16.4 Å². The average molecular weight is 478 g/mol. The van der Waals surface area contributed by atoms with Gasteiger partial charge in [0.05, 0.1) is 0 Å². The lowest BCUT2D eigenvalue weighted by Gasteiger charge is -2.35. The van der Waals surface area contributed by atoms with Crippen LogP contribution in [-0.2, 0) is 25.8 Å². The minimum atomic E-state index is -0.675. The highest BCUT2D eigenvalue weighted by Gasteiger charge is 2.35. The summed E-state index contributed by atoms with van der Waals surface area (Å²) < 4.78 is 0. The van der Waals surface area contributed by atoms with E-state index in [0.29, 0.717) is 42.8 Å². The molecule has 0 aromatic heterocycles. The number of imide groups is 1. The SMILES string of the molecule is CC(=O)NC1CCN(c2cc(Cl)ccc2CN2CCN(C(=O)ON3C(=O)CCC3=O)CC2)C1. The molecule has 11 heteroatoms. The molecule has 178 valence electrons. The van der Waals surface area contributed by atoms with Gasteiger partial charge in [-0.15, -0.1) is 5.06 Å². The number of nitrogens with zero attached hydrogens (tertiary/aromatic N) is 4. The fraction of sp³-hybridized carbons (Fsp3) is 0.545. The van der Waals surface area contributed by atoms with Crippen molar-refractivity contribution in [2.75, 3.05) is 44.2 Å². The van der Waals surface area contributed by atoms with Crippen molar-refractivity contribution in [2.45, 2.75) is 38.8 Å². The van der Waals surface area contributed by atoms with Crippen LogP contribution >= 0.6 is 11.6 Å². The number of benzene rings is 1. The molecular formula is C22H28ClN5O5. The molecule has 0 aliphatic carbocycles. The fourth-order valence-electron chi connectivity index (χ4n) is 4.47. The van der Waals surface area contributed by atoms with Crippen LogP contribution in [0.25, 0.3) is 0 Å². The second-order valence-corrected chi connectivity index (χ2v) is 9.04. The van der Waals surface area contributed by atoms with Gasteiger partial charge in [0.2, 0.25) is 5.91 Å². The van der Waals surface area contributed by atoms with E-state index in [2.05, 4.69) is 15.1 Å². The Kier molecular flexibility index (Phi) is 7.04. The Morgan fingerprint density at radius 2 is 1.79 bits per heavy atom. The van der Waals surface area contributed by atoms with E-state index in [1.807, 2.05) is 18.2 Å². The predicted octanol–water partition coefficient (Wildman–Crippen LogP) is 1.37. The summed E-state index contributed by atoms with van der Waals surface area (Å²) in [7, 11) is 0. The van der Waals surface area contributed by atoms with E-state index in [1.54, 1.807) is 0 Å². The molecule has 1 aromatic carbocycles. The van der Waals surface area contributed by atoms with Crippen LogP contribution in [0, 0.1) is 0 Å². The molecule has 33 heavy (non-hydrogen) atoms. The summed E-state index contributed by atoms with van der Waals surface area (Å²) in [6.45, 7) is 5.94. The number of hydroxylamine groups is 2. The third-order valence-corrected chi connectivity index (χ3v) is 6.42. The van der Waals surface area contributed by atoms with E-state index < -0.39 is 17.9 Å². The lowest BCUT2D eigenvalue weighted by atomic mass is 10.1. The Hall–Kier alpha value is -2.85. The molecule has 0 radical (unpaired) electrons. The first-order valence-corrected chi connectivity index (χ1v) is 11.5. The maximum atomic E-state index is 12.4. The largest absolute Gasteiger partial charge is 0.434 e. The molecule has 3 aliphatic heterocycles. The Morgan fingerprint density at radius 1 is 1.09 bits per heavy atom. The number of hydrogen-bond acceptors (Lipinski definition) is 7. The molecule has 4 amide bonds. The molecule has 1 atom stereocenters. The monoisotopic (exact) mass is 477 g/mol. The van der Waals surface area contributed by atoms with Gasteiger partial charge in [-0.2, -0.15) is 0 Å². The Balaban J connectivity index is 1.33. The smallest absolute Gasteiger partial charge is 0.369 e. The predicted molar refractivity (Wildman–Crippen MR) is 120 cm³/mol. The van der Waals surface area contributed by atoms with Crippen LogP contribution in [0.3, 0.4) is 0 Å². The first-order chi connectivity index (χ1) is 15.8. The molecule has 1 aromatic rings. The van der Waals surface area contributed by atoms with Crippen LogP contribution in [0.1, 0.15) is 31.7 Å². The van der Waals surface area contributed by atoms with Gasteiger partial charge in [-0.3, -0.25) is 19.3 Å². The second-order valence-electron chi connectivity index (χ2n) is 8.61. The molecule has 3 saturated heterocycles. The summed E-state index contributed by atoms with van der Waals surface area (Å²) in [5, 5.41) is 4.23. The third kappa shape index (κ3) is 5.56. The van der Waals surface area contributed by atoms with Gasteiger partial charge in [-0.1, -0.05) is 17.7 Å². The molecule has 0 saturated carbocycles. The first kappa shape index (κ1) is 23.3. The molecule has 1 N–H and O–H groups in total. The van der Waals surface area contributed by atoms with Crippen LogP contribution in [0.5, 0.6) is 0 Å². The molecule has 10 nitrogen and oxygen atoms in total. The summed E-state index contributed by atoms with van der Waals surface area (Å²) >= 11 is 6.28. The number of halogens is 1. The van der Waals surface area contributed by atoms with Crippen LogP contribution < -0.4 is 10.2 Å². The number of carbonyl (C=O) groups is 4. The van der Waals surface area contributed by atoms with Gasteiger partial charge in [0, 0.05) is 82.3 Å². The topological polar surface area (TPSA) is 102 Å². The zero-order valence-corrected chi connectivity index (χ0v) is 19.3. The molecule has 0 bridgehead atoms. The highest BCUT2D eigenvalue weighted by molar-refractivity contribution is 6.30. The van der Waals surface area contributed by atoms with E-state index in [9.17, 15) is 19.2 Å². The standard InChI is InChI=1S/C22H28ClN5O5/c1-15(29)24-18-6-7-27(14-18)19-12-17(23)3-2-16(19)13-25-8-10-26(11-9-25)22(32)33-28-20(30)4-5-21(28)31/h2-3,12,18H,4-11,13-14H2,1H3,(H,24,29). The molecular weight excluding hydrogens is 450 g/mol. The van der Waals surface area contributed by atoms with Crippen molar-refractivity contribution in [3.63, 3.8) is 0 Å². The van der Waals surface area contributed by atoms with Crippen LogP contribution in [0.15, 0.2) is 18.2 Å². The molecule has 1 unspecified atom stereocenters. The summed E-state index contributed by atoms with van der Waals surface area (Å²) in [6.07, 6.45) is 0.359. The van der Waals surface area contributed by atoms with Crippen molar-refractivity contribution in [3.8, 4) is 0 Å². The number of hydrogen-bond donors (Lipinski definition) is 1. The summed E-state index contributed by atoms with van der Waals surface area (Å²) in [6, 6.07) is 5.98. The van der Waals surface area contributed by atoms with Gasteiger partial charge in [-0.25, -0.2) is 4.79 Å². The van der Waals surface area contributed by atoms with Crippen molar-refractivity contribution >= 4 is 41.1 Å². The van der Waals surface area contributed by atoms with Gasteiger partial charge in [0.15, 0.2) is 0 Å². The zero-order valence-electron chi connectivity index (χ0n) is 18.6. The van der Waals surface area contributed by atoms with E-state index >= 15 is 0 Å². The highest BCUT2D eigenvalue weighted by Crippen LogP contribution is 2.29. The van der Waals surface area contributed by atoms with Crippen LogP contribution in [-0.4, -0.2) is 84.0 Å². The molecule has 3 aliphatic rings. The van der Waals surface area contributed by atoms with Gasteiger partial charge in [0.25, 0.3) is 11.8 Å². The van der Waals surface area contributed by atoms with Gasteiger partial charge in [0.1, 0.15) is 0 Å². The van der Waals surface area contributed by atoms with Crippen molar-refractivity contribution in [3.05, 3.63) is 28.8 Å². The molecule has 4 rings (SSSR count). The van der Waals surface area contributed by atoms with Crippen LogP contribution in [0.2, 0.25) is 5.02 Å². The number of piperazine rings is 1. The second kappa shape index (κ2) is 9.96. The number of rotatable bonds is 5. The average Bonchev–Trinajstić information content (AvgIpc) is 3.36. The van der Waals surface area contributed by atoms with Crippen molar-refractivity contribution < 1.29 is 24.0 Å². The molecule has 3 heterocycles. The lowest BCUT2D eigenvalue weighted by molar-refractivity contribution is -0.174. The molecule has 0 spiro atoms. The molecule has 3 fully saturated rings. The third-order valence-electron chi connectivity index (χ3n) is 6.18. The normalized spacial score (nSPS) is 21.6. The quantitative estimate of drug-likeness (QED) is 0.639. The van der Waals surface area contributed by atoms with Gasteiger partial charge < -0.3 is 20.0 Å². The summed E-state index contributed by atoms with van der Waals surface area (Å²) in [4.78, 5) is 58.1. The van der Waals surface area contributed by atoms with Crippen molar-refractivity contribution in [2.24, 2.45) is 0 Å². The van der Waals surface area contributed by atoms with Crippen molar-refractivity contribution in [1.29, 1.82) is 0 Å². The number of carbonyl (C=O) groups excluding carboxylic acids is 4. The van der Waals surface area contributed by atoms with E-state index in [1.165, 1.54) is 11.8 Å². The maximum absolute atomic E-state index is 12.4. The van der Waals surface area contributed by atoms with Crippen molar-refractivity contribution in [1.82, 2.24) is 20.2 Å². The first-order valence-electron chi connectivity index (χ1n) is 11.2. The minimum absolute atomic E-state index is 0.0250. The highest BCUT2D eigenvalue weighted by atomic mass is 35.5. The maximum Gasteiger partial charge on any atom is 0.434 e. The Morgan fingerprint density at radius 3 is 2.45 bits per heavy atom. The minimum Gasteiger partial charge on any atom is -0.369 e. The summed E-state index contributed by atoms with van der Waals surface area (Å²) in [5.74, 6) is -0.988. The number of anilines is 1. The number of amides is 4. The van der Waals surface area contributed by atoms with E-state index in [-0.39, 0.29) is 24.8 Å². The van der Waals surface area contributed by atoms with Crippen LogP contribution in [0.4, 0.5) is 10.5 Å².